The summed E-state index contributed by atoms with van der Waals surface area (Å²) in [6.45, 7) is 0.278. The predicted molar refractivity (Wildman–Crippen MR) is 73.8 cm³/mol. The molecular weight excluding hydrogens is 281 g/mol. The monoisotopic (exact) mass is 296 g/mol. The number of hydrogen-bond acceptors (Lipinski definition) is 3. The molecule has 0 fully saturated rings. The van der Waals surface area contributed by atoms with Crippen molar-refractivity contribution in [3.8, 4) is 0 Å². The molecule has 0 saturated heterocycles. The van der Waals surface area contributed by atoms with Gasteiger partial charge in [0.2, 0.25) is 0 Å². The van der Waals surface area contributed by atoms with Crippen molar-refractivity contribution in [2.24, 2.45) is 0 Å². The number of halogens is 3. The molecule has 3 nitrogen and oxygen atoms in total. The quantitative estimate of drug-likeness (QED) is 0.890. The van der Waals surface area contributed by atoms with Gasteiger partial charge in [0.05, 0.1) is 0 Å². The molecule has 21 heavy (non-hydrogen) atoms. The van der Waals surface area contributed by atoms with Gasteiger partial charge >= 0.3 is 6.18 Å². The number of nitrogens with zero attached hydrogens (tertiary/aromatic N) is 1. The molecule has 0 bridgehead atoms. The molecule has 0 amide bonds. The van der Waals surface area contributed by atoms with Gasteiger partial charge in [-0.05, 0) is 35.7 Å². The highest BCUT2D eigenvalue weighted by molar-refractivity contribution is 5.51. The molecule has 112 valence electrons. The number of aliphatic hydroxyl groups is 1. The standard InChI is InChI=1S/C15H15F3N2O/c16-15(17,18)14-9-11(5-7-19-14)10-20-13-4-2-1-3-12(13)6-8-21/h1-5,7,9,20-21H,6,8,10H2. The van der Waals surface area contributed by atoms with Crippen LogP contribution in [0.3, 0.4) is 0 Å². The zero-order valence-corrected chi connectivity index (χ0v) is 11.2. The molecule has 1 aromatic heterocycles. The van der Waals surface area contributed by atoms with Crippen molar-refractivity contribution in [3.05, 3.63) is 59.4 Å². The van der Waals surface area contributed by atoms with E-state index < -0.39 is 11.9 Å². The number of aliphatic hydroxyl groups excluding tert-OH is 1. The average Bonchev–Trinajstić information content (AvgIpc) is 2.46. The maximum absolute atomic E-state index is 12.6. The third-order valence-corrected chi connectivity index (χ3v) is 3.00. The Morgan fingerprint density at radius 2 is 1.90 bits per heavy atom. The highest BCUT2D eigenvalue weighted by atomic mass is 19.4. The summed E-state index contributed by atoms with van der Waals surface area (Å²) in [5.74, 6) is 0. The first-order chi connectivity index (χ1) is 10.0. The molecule has 0 spiro atoms. The zero-order chi connectivity index (χ0) is 15.3. The van der Waals surface area contributed by atoms with Gasteiger partial charge < -0.3 is 10.4 Å². The third kappa shape index (κ3) is 4.19. The highest BCUT2D eigenvalue weighted by Crippen LogP contribution is 2.28. The van der Waals surface area contributed by atoms with Crippen molar-refractivity contribution in [3.63, 3.8) is 0 Å². The molecule has 2 aromatic rings. The van der Waals surface area contributed by atoms with Crippen molar-refractivity contribution in [1.82, 2.24) is 4.98 Å². The van der Waals surface area contributed by atoms with E-state index in [0.29, 0.717) is 12.0 Å². The SMILES string of the molecule is OCCc1ccccc1NCc1ccnc(C(F)(F)F)c1. The van der Waals surface area contributed by atoms with Gasteiger partial charge in [0.25, 0.3) is 0 Å². The van der Waals surface area contributed by atoms with E-state index in [1.165, 1.54) is 6.07 Å². The summed E-state index contributed by atoms with van der Waals surface area (Å²) in [4.78, 5) is 3.33. The van der Waals surface area contributed by atoms with E-state index in [-0.39, 0.29) is 13.2 Å². The number of hydrogen-bond donors (Lipinski definition) is 2. The number of aromatic nitrogens is 1. The van der Waals surface area contributed by atoms with Crippen LogP contribution >= 0.6 is 0 Å². The van der Waals surface area contributed by atoms with Gasteiger partial charge in [0, 0.05) is 25.0 Å². The van der Waals surface area contributed by atoms with Crippen LogP contribution in [0.5, 0.6) is 0 Å². The van der Waals surface area contributed by atoms with Crippen molar-refractivity contribution in [2.75, 3.05) is 11.9 Å². The van der Waals surface area contributed by atoms with Crippen molar-refractivity contribution in [1.29, 1.82) is 0 Å². The summed E-state index contributed by atoms with van der Waals surface area (Å²) in [7, 11) is 0. The lowest BCUT2D eigenvalue weighted by Gasteiger charge is -2.12. The second-order valence-electron chi connectivity index (χ2n) is 4.53. The van der Waals surface area contributed by atoms with Gasteiger partial charge in [-0.1, -0.05) is 18.2 Å². The molecule has 1 heterocycles. The molecule has 0 aliphatic carbocycles. The van der Waals surface area contributed by atoms with Crippen LogP contribution in [0.1, 0.15) is 16.8 Å². The van der Waals surface area contributed by atoms with Crippen LogP contribution in [0.25, 0.3) is 0 Å². The summed E-state index contributed by atoms with van der Waals surface area (Å²) in [5.41, 5.74) is 1.32. The minimum Gasteiger partial charge on any atom is -0.396 e. The lowest BCUT2D eigenvalue weighted by molar-refractivity contribution is -0.141. The smallest absolute Gasteiger partial charge is 0.396 e. The molecule has 0 aliphatic rings. The van der Waals surface area contributed by atoms with E-state index in [4.69, 9.17) is 5.11 Å². The Labute approximate surface area is 120 Å². The Bertz CT molecular complexity index is 599. The lowest BCUT2D eigenvalue weighted by Crippen LogP contribution is -2.10. The Morgan fingerprint density at radius 1 is 1.14 bits per heavy atom. The topological polar surface area (TPSA) is 45.1 Å². The van der Waals surface area contributed by atoms with Crippen molar-refractivity contribution >= 4 is 5.69 Å². The molecule has 0 radical (unpaired) electrons. The molecule has 0 aliphatic heterocycles. The Morgan fingerprint density at radius 3 is 2.62 bits per heavy atom. The number of anilines is 1. The van der Waals surface area contributed by atoms with Gasteiger partial charge in [0.15, 0.2) is 0 Å². The molecule has 6 heteroatoms. The van der Waals surface area contributed by atoms with Crippen LogP contribution in [0.2, 0.25) is 0 Å². The molecule has 0 unspecified atom stereocenters. The second-order valence-corrected chi connectivity index (χ2v) is 4.53. The summed E-state index contributed by atoms with van der Waals surface area (Å²) in [5, 5.41) is 12.1. The average molecular weight is 296 g/mol. The first kappa shape index (κ1) is 15.3. The fourth-order valence-corrected chi connectivity index (χ4v) is 1.97. The van der Waals surface area contributed by atoms with Crippen LogP contribution < -0.4 is 5.32 Å². The minimum absolute atomic E-state index is 0.0200. The maximum atomic E-state index is 12.6. The van der Waals surface area contributed by atoms with E-state index in [0.717, 1.165) is 23.5 Å². The molecule has 2 N–H and O–H groups in total. The Balaban J connectivity index is 2.10. The van der Waals surface area contributed by atoms with Gasteiger partial charge in [-0.15, -0.1) is 0 Å². The number of pyridine rings is 1. The van der Waals surface area contributed by atoms with Gasteiger partial charge in [-0.2, -0.15) is 13.2 Å². The van der Waals surface area contributed by atoms with Gasteiger partial charge in [-0.3, -0.25) is 4.98 Å². The largest absolute Gasteiger partial charge is 0.433 e. The third-order valence-electron chi connectivity index (χ3n) is 3.00. The minimum atomic E-state index is -4.44. The van der Waals surface area contributed by atoms with Gasteiger partial charge in [0.1, 0.15) is 5.69 Å². The summed E-state index contributed by atoms with van der Waals surface area (Å²) in [6.07, 6.45) is -2.79. The van der Waals surface area contributed by atoms with Crippen LogP contribution in [0, 0.1) is 0 Å². The Hall–Kier alpha value is -2.08. The highest BCUT2D eigenvalue weighted by Gasteiger charge is 2.32. The van der Waals surface area contributed by atoms with E-state index in [9.17, 15) is 13.2 Å². The fourth-order valence-electron chi connectivity index (χ4n) is 1.97. The number of benzene rings is 1. The van der Waals surface area contributed by atoms with E-state index >= 15 is 0 Å². The summed E-state index contributed by atoms with van der Waals surface area (Å²) in [6, 6.07) is 9.95. The predicted octanol–water partition coefficient (Wildman–Crippen LogP) is 3.25. The molecule has 1 aromatic carbocycles. The zero-order valence-electron chi connectivity index (χ0n) is 11.2. The van der Waals surface area contributed by atoms with Gasteiger partial charge in [-0.25, -0.2) is 0 Å². The second kappa shape index (κ2) is 6.58. The van der Waals surface area contributed by atoms with E-state index in [1.807, 2.05) is 24.3 Å². The number of rotatable bonds is 5. The first-order valence-electron chi connectivity index (χ1n) is 6.45. The van der Waals surface area contributed by atoms with Crippen LogP contribution in [0.4, 0.5) is 18.9 Å². The molecule has 0 saturated carbocycles. The lowest BCUT2D eigenvalue weighted by atomic mass is 10.1. The van der Waals surface area contributed by atoms with Crippen LogP contribution in [-0.2, 0) is 19.1 Å². The summed E-state index contributed by atoms with van der Waals surface area (Å²) >= 11 is 0. The number of alkyl halides is 3. The first-order valence-corrected chi connectivity index (χ1v) is 6.45. The number of nitrogens with one attached hydrogen (secondary N) is 1. The fraction of sp³-hybridized carbons (Fsp3) is 0.267. The molecule has 0 atom stereocenters. The Kier molecular flexibility index (Phi) is 4.80. The maximum Gasteiger partial charge on any atom is 0.433 e. The van der Waals surface area contributed by atoms with Crippen LogP contribution in [-0.4, -0.2) is 16.7 Å². The van der Waals surface area contributed by atoms with Crippen molar-refractivity contribution < 1.29 is 18.3 Å². The summed E-state index contributed by atoms with van der Waals surface area (Å²) < 4.78 is 37.8. The number of para-hydroxylation sites is 1. The molecule has 2 rings (SSSR count). The normalized spacial score (nSPS) is 11.4. The van der Waals surface area contributed by atoms with Crippen molar-refractivity contribution in [2.45, 2.75) is 19.1 Å². The van der Waals surface area contributed by atoms with E-state index in [1.54, 1.807) is 0 Å². The molecular formula is C15H15F3N2O. The van der Waals surface area contributed by atoms with E-state index in [2.05, 4.69) is 10.3 Å². The van der Waals surface area contributed by atoms with Crippen LogP contribution in [0.15, 0.2) is 42.6 Å².